The molecule has 1 atom stereocenters. The number of hydrogen-bond acceptors (Lipinski definition) is 5. The van der Waals surface area contributed by atoms with E-state index in [2.05, 4.69) is 0 Å². The molecule has 5 heteroatoms. The summed E-state index contributed by atoms with van der Waals surface area (Å²) in [6.07, 6.45) is 3.21. The lowest BCUT2D eigenvalue weighted by Gasteiger charge is -2.31. The number of hydrogen-bond donors (Lipinski definition) is 1. The number of rotatable bonds is 4. The van der Waals surface area contributed by atoms with Crippen LogP contribution in [0.2, 0.25) is 0 Å². The SMILES string of the molecule is CCOC(=O)C(C(=O)OC(C)(C)C)C1CCC(N)CC1. The molecule has 20 heavy (non-hydrogen) atoms. The Hall–Kier alpha value is -1.10. The van der Waals surface area contributed by atoms with Crippen molar-refractivity contribution in [2.24, 2.45) is 17.6 Å². The Morgan fingerprint density at radius 1 is 1.15 bits per heavy atom. The van der Waals surface area contributed by atoms with Crippen LogP contribution in [-0.2, 0) is 19.1 Å². The second-order valence-corrected chi connectivity index (χ2v) is 6.44. The first-order valence-electron chi connectivity index (χ1n) is 7.39. The monoisotopic (exact) mass is 285 g/mol. The number of nitrogens with two attached hydrogens (primary N) is 1. The van der Waals surface area contributed by atoms with Gasteiger partial charge in [-0.1, -0.05) is 0 Å². The van der Waals surface area contributed by atoms with Gasteiger partial charge in [0.2, 0.25) is 0 Å². The average Bonchev–Trinajstić information content (AvgIpc) is 2.30. The largest absolute Gasteiger partial charge is 0.465 e. The van der Waals surface area contributed by atoms with Crippen molar-refractivity contribution in [3.05, 3.63) is 0 Å². The molecular weight excluding hydrogens is 258 g/mol. The van der Waals surface area contributed by atoms with Crippen molar-refractivity contribution >= 4 is 11.9 Å². The molecule has 0 aromatic carbocycles. The van der Waals surface area contributed by atoms with Crippen LogP contribution < -0.4 is 5.73 Å². The fourth-order valence-corrected chi connectivity index (χ4v) is 2.56. The van der Waals surface area contributed by atoms with Gasteiger partial charge in [-0.25, -0.2) is 0 Å². The van der Waals surface area contributed by atoms with Gasteiger partial charge in [-0.15, -0.1) is 0 Å². The molecule has 116 valence electrons. The van der Waals surface area contributed by atoms with Crippen molar-refractivity contribution in [1.82, 2.24) is 0 Å². The van der Waals surface area contributed by atoms with Crippen LogP contribution >= 0.6 is 0 Å². The van der Waals surface area contributed by atoms with E-state index in [0.717, 1.165) is 25.7 Å². The van der Waals surface area contributed by atoms with Crippen molar-refractivity contribution in [2.45, 2.75) is 65.0 Å². The zero-order valence-corrected chi connectivity index (χ0v) is 13.0. The van der Waals surface area contributed by atoms with Crippen molar-refractivity contribution in [3.63, 3.8) is 0 Å². The number of carbonyl (C=O) groups excluding carboxylic acids is 2. The Balaban J connectivity index is 2.79. The fourth-order valence-electron chi connectivity index (χ4n) is 2.56. The molecule has 0 amide bonds. The first kappa shape index (κ1) is 17.0. The molecule has 1 saturated carbocycles. The Bertz CT molecular complexity index is 340. The molecule has 2 N–H and O–H groups in total. The van der Waals surface area contributed by atoms with Crippen LogP contribution in [0.25, 0.3) is 0 Å². The second kappa shape index (κ2) is 7.07. The maximum absolute atomic E-state index is 12.3. The Labute approximate surface area is 121 Å². The molecule has 0 aromatic rings. The van der Waals surface area contributed by atoms with Crippen molar-refractivity contribution in [3.8, 4) is 0 Å². The first-order chi connectivity index (χ1) is 9.24. The van der Waals surface area contributed by atoms with E-state index in [9.17, 15) is 9.59 Å². The molecule has 5 nitrogen and oxygen atoms in total. The highest BCUT2D eigenvalue weighted by Crippen LogP contribution is 2.32. The smallest absolute Gasteiger partial charge is 0.321 e. The van der Waals surface area contributed by atoms with Gasteiger partial charge in [-0.3, -0.25) is 9.59 Å². The van der Waals surface area contributed by atoms with Crippen molar-refractivity contribution < 1.29 is 19.1 Å². The van der Waals surface area contributed by atoms with E-state index in [1.54, 1.807) is 27.7 Å². The quantitative estimate of drug-likeness (QED) is 0.631. The molecule has 0 bridgehead atoms. The van der Waals surface area contributed by atoms with Crippen LogP contribution in [0.4, 0.5) is 0 Å². The van der Waals surface area contributed by atoms with E-state index in [4.69, 9.17) is 15.2 Å². The van der Waals surface area contributed by atoms with Gasteiger partial charge in [-0.05, 0) is 59.3 Å². The van der Waals surface area contributed by atoms with Crippen LogP contribution in [0.3, 0.4) is 0 Å². The third kappa shape index (κ3) is 5.12. The molecule has 0 aromatic heterocycles. The summed E-state index contributed by atoms with van der Waals surface area (Å²) >= 11 is 0. The van der Waals surface area contributed by atoms with E-state index < -0.39 is 23.5 Å². The highest BCUT2D eigenvalue weighted by atomic mass is 16.6. The molecule has 0 aliphatic heterocycles. The zero-order valence-electron chi connectivity index (χ0n) is 13.0. The summed E-state index contributed by atoms with van der Waals surface area (Å²) < 4.78 is 10.4. The minimum atomic E-state index is -0.818. The van der Waals surface area contributed by atoms with Crippen LogP contribution in [0, 0.1) is 11.8 Å². The lowest BCUT2D eigenvalue weighted by molar-refractivity contribution is -0.172. The van der Waals surface area contributed by atoms with Gasteiger partial charge >= 0.3 is 11.9 Å². The predicted molar refractivity (Wildman–Crippen MR) is 75.9 cm³/mol. The normalized spacial score (nSPS) is 24.9. The lowest BCUT2D eigenvalue weighted by Crippen LogP contribution is -2.40. The van der Waals surface area contributed by atoms with Gasteiger partial charge in [0.1, 0.15) is 5.60 Å². The van der Waals surface area contributed by atoms with E-state index in [1.165, 1.54) is 0 Å². The minimum Gasteiger partial charge on any atom is -0.465 e. The maximum atomic E-state index is 12.3. The Morgan fingerprint density at radius 2 is 1.70 bits per heavy atom. The van der Waals surface area contributed by atoms with Gasteiger partial charge in [0.25, 0.3) is 0 Å². The van der Waals surface area contributed by atoms with Crippen LogP contribution in [0.1, 0.15) is 53.4 Å². The molecule has 0 spiro atoms. The fraction of sp³-hybridized carbons (Fsp3) is 0.867. The van der Waals surface area contributed by atoms with Gasteiger partial charge in [0.15, 0.2) is 5.92 Å². The Kier molecular flexibility index (Phi) is 5.99. The standard InChI is InChI=1S/C15H27NO4/c1-5-19-13(17)12(14(18)20-15(2,3)4)10-6-8-11(16)9-7-10/h10-12H,5-9,16H2,1-4H3. The molecule has 1 unspecified atom stereocenters. The molecule has 0 radical (unpaired) electrons. The van der Waals surface area contributed by atoms with Crippen molar-refractivity contribution in [1.29, 1.82) is 0 Å². The van der Waals surface area contributed by atoms with Gasteiger partial charge in [0, 0.05) is 6.04 Å². The van der Waals surface area contributed by atoms with E-state index >= 15 is 0 Å². The highest BCUT2D eigenvalue weighted by Gasteiger charge is 2.40. The predicted octanol–water partition coefficient (Wildman–Crippen LogP) is 2.02. The van der Waals surface area contributed by atoms with Gasteiger partial charge in [-0.2, -0.15) is 0 Å². The molecule has 1 aliphatic carbocycles. The third-order valence-corrected chi connectivity index (χ3v) is 3.49. The molecular formula is C15H27NO4. The number of esters is 2. The third-order valence-electron chi connectivity index (χ3n) is 3.49. The van der Waals surface area contributed by atoms with E-state index in [-0.39, 0.29) is 18.6 Å². The van der Waals surface area contributed by atoms with Crippen LogP contribution in [0.5, 0.6) is 0 Å². The van der Waals surface area contributed by atoms with Crippen LogP contribution in [-0.4, -0.2) is 30.2 Å². The van der Waals surface area contributed by atoms with Gasteiger partial charge in [0.05, 0.1) is 6.61 Å². The number of ether oxygens (including phenoxy) is 2. The highest BCUT2D eigenvalue weighted by molar-refractivity contribution is 5.95. The summed E-state index contributed by atoms with van der Waals surface area (Å²) in [5, 5.41) is 0. The van der Waals surface area contributed by atoms with Crippen molar-refractivity contribution in [2.75, 3.05) is 6.61 Å². The van der Waals surface area contributed by atoms with Crippen LogP contribution in [0.15, 0.2) is 0 Å². The summed E-state index contributed by atoms with van der Waals surface area (Å²) in [6.45, 7) is 7.39. The molecule has 0 heterocycles. The second-order valence-electron chi connectivity index (χ2n) is 6.44. The van der Waals surface area contributed by atoms with Gasteiger partial charge < -0.3 is 15.2 Å². The summed E-state index contributed by atoms with van der Waals surface area (Å²) in [5.41, 5.74) is 5.27. The zero-order chi connectivity index (χ0) is 15.3. The van der Waals surface area contributed by atoms with E-state index in [0.29, 0.717) is 0 Å². The maximum Gasteiger partial charge on any atom is 0.321 e. The number of carbonyl (C=O) groups is 2. The summed E-state index contributed by atoms with van der Waals surface area (Å²) in [4.78, 5) is 24.4. The molecule has 1 aliphatic rings. The average molecular weight is 285 g/mol. The molecule has 0 saturated heterocycles. The minimum absolute atomic E-state index is 0.0244. The summed E-state index contributed by atoms with van der Waals surface area (Å²) in [5.74, 6) is -1.79. The molecule has 1 rings (SSSR count). The summed E-state index contributed by atoms with van der Waals surface area (Å²) in [7, 11) is 0. The first-order valence-corrected chi connectivity index (χ1v) is 7.39. The topological polar surface area (TPSA) is 78.6 Å². The summed E-state index contributed by atoms with van der Waals surface area (Å²) in [6, 6.07) is 0.174. The Morgan fingerprint density at radius 3 is 2.15 bits per heavy atom. The van der Waals surface area contributed by atoms with E-state index in [1.807, 2.05) is 0 Å². The molecule has 1 fully saturated rings. The lowest BCUT2D eigenvalue weighted by atomic mass is 9.78.